The van der Waals surface area contributed by atoms with E-state index in [1.807, 2.05) is 0 Å². The molecule has 3 heterocycles. The molecule has 1 aliphatic rings. The topological polar surface area (TPSA) is 81.4 Å². The molecule has 29 heavy (non-hydrogen) atoms. The fourth-order valence-electron chi connectivity index (χ4n) is 2.99. The van der Waals surface area contributed by atoms with Gasteiger partial charge in [-0.3, -0.25) is 9.78 Å². The normalized spacial score (nSPS) is 16.8. The van der Waals surface area contributed by atoms with Crippen LogP contribution < -0.4 is 4.74 Å². The summed E-state index contributed by atoms with van der Waals surface area (Å²) in [5.74, 6) is -1.16. The number of ether oxygens (including phenoxy) is 1. The molecular formula is C19H15F3N4O3. The number of pyridine rings is 1. The maximum atomic E-state index is 12.6. The Kier molecular flexibility index (Phi) is 4.91. The molecule has 150 valence electrons. The van der Waals surface area contributed by atoms with Gasteiger partial charge in [0, 0.05) is 24.7 Å². The molecule has 0 bridgehead atoms. The monoisotopic (exact) mass is 404 g/mol. The lowest BCUT2D eigenvalue weighted by Gasteiger charge is -2.17. The third kappa shape index (κ3) is 4.20. The summed E-state index contributed by atoms with van der Waals surface area (Å²) in [7, 11) is 0. The molecule has 1 saturated heterocycles. The molecule has 0 saturated carbocycles. The van der Waals surface area contributed by atoms with Gasteiger partial charge in [-0.1, -0.05) is 11.2 Å². The molecule has 0 aliphatic carbocycles. The molecule has 4 rings (SSSR count). The standard InChI is InChI=1S/C19H15F3N4O3/c20-19(21,22)18-24-16(25-29-18)12-4-6-13(7-5-12)28-14-8-10-26(11-14)17(27)15-3-1-2-9-23-15/h1-7,9,14H,8,10-11H2. The van der Waals surface area contributed by atoms with E-state index < -0.39 is 12.1 Å². The van der Waals surface area contributed by atoms with Gasteiger partial charge in [0.05, 0.1) is 6.54 Å². The number of halogens is 3. The van der Waals surface area contributed by atoms with Gasteiger partial charge in [0.2, 0.25) is 5.82 Å². The zero-order chi connectivity index (χ0) is 20.4. The molecule has 0 N–H and O–H groups in total. The van der Waals surface area contributed by atoms with E-state index in [4.69, 9.17) is 4.74 Å². The van der Waals surface area contributed by atoms with E-state index in [0.29, 0.717) is 36.5 Å². The quantitative estimate of drug-likeness (QED) is 0.663. The summed E-state index contributed by atoms with van der Waals surface area (Å²) in [4.78, 5) is 21.5. The van der Waals surface area contributed by atoms with Crippen LogP contribution >= 0.6 is 0 Å². The number of carbonyl (C=O) groups excluding carboxylic acids is 1. The molecule has 2 aromatic heterocycles. The van der Waals surface area contributed by atoms with Crippen molar-refractivity contribution in [3.05, 3.63) is 60.2 Å². The van der Waals surface area contributed by atoms with Crippen molar-refractivity contribution in [2.45, 2.75) is 18.7 Å². The molecule has 0 radical (unpaired) electrons. The number of hydrogen-bond donors (Lipinski definition) is 0. The van der Waals surface area contributed by atoms with E-state index in [0.717, 1.165) is 0 Å². The minimum absolute atomic E-state index is 0.148. The van der Waals surface area contributed by atoms with Gasteiger partial charge in [-0.15, -0.1) is 0 Å². The third-order valence-electron chi connectivity index (χ3n) is 4.40. The van der Waals surface area contributed by atoms with Crippen LogP contribution in [0.3, 0.4) is 0 Å². The van der Waals surface area contributed by atoms with Crippen LogP contribution in [-0.2, 0) is 6.18 Å². The largest absolute Gasteiger partial charge is 0.489 e. The third-order valence-corrected chi connectivity index (χ3v) is 4.40. The van der Waals surface area contributed by atoms with Crippen LogP contribution in [0.4, 0.5) is 13.2 Å². The zero-order valence-electron chi connectivity index (χ0n) is 15.0. The highest BCUT2D eigenvalue weighted by Gasteiger charge is 2.38. The van der Waals surface area contributed by atoms with Gasteiger partial charge in [0.15, 0.2) is 0 Å². The highest BCUT2D eigenvalue weighted by atomic mass is 19.4. The number of hydrogen-bond acceptors (Lipinski definition) is 6. The lowest BCUT2D eigenvalue weighted by atomic mass is 10.2. The van der Waals surface area contributed by atoms with Gasteiger partial charge < -0.3 is 14.2 Å². The molecule has 10 heteroatoms. The molecule has 3 aromatic rings. The lowest BCUT2D eigenvalue weighted by Crippen LogP contribution is -2.31. The smallest absolute Gasteiger partial charge is 0.471 e. The number of alkyl halides is 3. The second-order valence-corrected chi connectivity index (χ2v) is 6.44. The lowest BCUT2D eigenvalue weighted by molar-refractivity contribution is -0.159. The molecule has 1 amide bonds. The first kappa shape index (κ1) is 18.9. The van der Waals surface area contributed by atoms with Crippen LogP contribution in [0.15, 0.2) is 53.2 Å². The summed E-state index contributed by atoms with van der Waals surface area (Å²) < 4.78 is 47.8. The minimum atomic E-state index is -4.69. The maximum Gasteiger partial charge on any atom is 0.471 e. The first-order valence-corrected chi connectivity index (χ1v) is 8.78. The number of nitrogens with zero attached hydrogens (tertiary/aromatic N) is 4. The SMILES string of the molecule is O=C(c1ccccn1)N1CCC(Oc2ccc(-c3noc(C(F)(F)F)n3)cc2)C1. The van der Waals surface area contributed by atoms with Gasteiger partial charge in [-0.25, -0.2) is 0 Å². The fraction of sp³-hybridized carbons (Fsp3) is 0.263. The Morgan fingerprint density at radius 2 is 1.97 bits per heavy atom. The van der Waals surface area contributed by atoms with Crippen molar-refractivity contribution in [3.8, 4) is 17.1 Å². The van der Waals surface area contributed by atoms with Crippen LogP contribution in [0.5, 0.6) is 5.75 Å². The molecule has 1 unspecified atom stereocenters. The highest BCUT2D eigenvalue weighted by molar-refractivity contribution is 5.92. The summed E-state index contributed by atoms with van der Waals surface area (Å²) in [5.41, 5.74) is 0.755. The van der Waals surface area contributed by atoms with Crippen molar-refractivity contribution in [3.63, 3.8) is 0 Å². The van der Waals surface area contributed by atoms with E-state index in [-0.39, 0.29) is 17.8 Å². The summed E-state index contributed by atoms with van der Waals surface area (Å²) in [6.45, 7) is 0.984. The van der Waals surface area contributed by atoms with Crippen LogP contribution in [0.25, 0.3) is 11.4 Å². The molecular weight excluding hydrogens is 389 g/mol. The van der Waals surface area contributed by atoms with Crippen molar-refractivity contribution >= 4 is 5.91 Å². The number of rotatable bonds is 4. The van der Waals surface area contributed by atoms with Crippen LogP contribution in [0.1, 0.15) is 22.8 Å². The number of amides is 1. The molecule has 0 spiro atoms. The Balaban J connectivity index is 1.37. The van der Waals surface area contributed by atoms with E-state index in [2.05, 4.69) is 19.6 Å². The van der Waals surface area contributed by atoms with Gasteiger partial charge in [-0.05, 0) is 36.4 Å². The molecule has 1 aromatic carbocycles. The number of benzene rings is 1. The van der Waals surface area contributed by atoms with Crippen molar-refractivity contribution < 1.29 is 27.2 Å². The second-order valence-electron chi connectivity index (χ2n) is 6.44. The van der Waals surface area contributed by atoms with Crippen molar-refractivity contribution in [1.29, 1.82) is 0 Å². The maximum absolute atomic E-state index is 12.6. The number of likely N-dealkylation sites (tertiary alicyclic amines) is 1. The van der Waals surface area contributed by atoms with Gasteiger partial charge in [-0.2, -0.15) is 18.2 Å². The Bertz CT molecular complexity index is 990. The molecule has 7 nitrogen and oxygen atoms in total. The van der Waals surface area contributed by atoms with E-state index in [1.54, 1.807) is 53.6 Å². The number of aromatic nitrogens is 3. The Labute approximate surface area is 163 Å². The van der Waals surface area contributed by atoms with Crippen LogP contribution in [0, 0.1) is 0 Å². The van der Waals surface area contributed by atoms with E-state index >= 15 is 0 Å². The Morgan fingerprint density at radius 1 is 1.17 bits per heavy atom. The Morgan fingerprint density at radius 3 is 2.62 bits per heavy atom. The van der Waals surface area contributed by atoms with Crippen LogP contribution in [-0.4, -0.2) is 45.1 Å². The van der Waals surface area contributed by atoms with Gasteiger partial charge in [0.25, 0.3) is 5.91 Å². The average molecular weight is 404 g/mol. The molecule has 1 fully saturated rings. The van der Waals surface area contributed by atoms with Gasteiger partial charge >= 0.3 is 12.1 Å². The predicted octanol–water partition coefficient (Wildman–Crippen LogP) is 3.44. The summed E-state index contributed by atoms with van der Waals surface area (Å²) in [5, 5.41) is 3.35. The average Bonchev–Trinajstić information content (AvgIpc) is 3.38. The van der Waals surface area contributed by atoms with Crippen molar-refractivity contribution in [2.24, 2.45) is 0 Å². The Hall–Kier alpha value is -3.43. The highest BCUT2D eigenvalue weighted by Crippen LogP contribution is 2.30. The minimum Gasteiger partial charge on any atom is -0.489 e. The van der Waals surface area contributed by atoms with Crippen molar-refractivity contribution in [2.75, 3.05) is 13.1 Å². The summed E-state index contributed by atoms with van der Waals surface area (Å²) >= 11 is 0. The predicted molar refractivity (Wildman–Crippen MR) is 93.9 cm³/mol. The zero-order valence-corrected chi connectivity index (χ0v) is 15.0. The summed E-state index contributed by atoms with van der Waals surface area (Å²) in [6, 6.07) is 11.5. The van der Waals surface area contributed by atoms with Crippen molar-refractivity contribution in [1.82, 2.24) is 20.0 Å². The van der Waals surface area contributed by atoms with E-state index in [1.165, 1.54) is 0 Å². The van der Waals surface area contributed by atoms with E-state index in [9.17, 15) is 18.0 Å². The number of carbonyl (C=O) groups is 1. The van der Waals surface area contributed by atoms with Gasteiger partial charge in [0.1, 0.15) is 17.5 Å². The molecule has 1 aliphatic heterocycles. The summed E-state index contributed by atoms with van der Waals surface area (Å²) in [6.07, 6.45) is -2.63. The molecule has 1 atom stereocenters. The fourth-order valence-corrected chi connectivity index (χ4v) is 2.99. The first-order valence-electron chi connectivity index (χ1n) is 8.78. The van der Waals surface area contributed by atoms with Crippen LogP contribution in [0.2, 0.25) is 0 Å². The first-order chi connectivity index (χ1) is 13.9. The second kappa shape index (κ2) is 7.53.